The molecule has 32 heavy (non-hydrogen) atoms. The fourth-order valence-corrected chi connectivity index (χ4v) is 4.41. The fourth-order valence-electron chi connectivity index (χ4n) is 4.41. The van der Waals surface area contributed by atoms with Crippen LogP contribution in [-0.4, -0.2) is 27.9 Å². The van der Waals surface area contributed by atoms with E-state index in [4.69, 9.17) is 5.26 Å². The van der Waals surface area contributed by atoms with Gasteiger partial charge in [-0.2, -0.15) is 5.26 Å². The van der Waals surface area contributed by atoms with Gasteiger partial charge in [0, 0.05) is 11.1 Å². The minimum atomic E-state index is -1.10. The number of carbonyl (C=O) groups excluding carboxylic acids is 1. The first-order chi connectivity index (χ1) is 15.4. The topological polar surface area (TPSA) is 81.4 Å². The SMILES string of the molecule is Cc1cc(C(=O)N2[C@@H](c3ccccc3F)CC[C@H]2C(=O)O)ccc1-c1cccc(C#N)c1. The van der Waals surface area contributed by atoms with Crippen molar-refractivity contribution in [1.82, 2.24) is 4.90 Å². The zero-order valence-corrected chi connectivity index (χ0v) is 17.5. The van der Waals surface area contributed by atoms with Crippen LogP contribution in [0.2, 0.25) is 0 Å². The van der Waals surface area contributed by atoms with Crippen LogP contribution in [0.1, 0.15) is 45.9 Å². The van der Waals surface area contributed by atoms with Crippen molar-refractivity contribution >= 4 is 11.9 Å². The van der Waals surface area contributed by atoms with Crippen molar-refractivity contribution < 1.29 is 19.1 Å². The summed E-state index contributed by atoms with van der Waals surface area (Å²) in [7, 11) is 0. The van der Waals surface area contributed by atoms with Gasteiger partial charge in [-0.1, -0.05) is 36.4 Å². The van der Waals surface area contributed by atoms with E-state index < -0.39 is 29.8 Å². The Balaban J connectivity index is 1.71. The molecule has 1 aliphatic heterocycles. The number of carboxylic acid groups (broad SMARTS) is 1. The summed E-state index contributed by atoms with van der Waals surface area (Å²) in [5, 5.41) is 18.8. The highest BCUT2D eigenvalue weighted by molar-refractivity contribution is 5.98. The number of carbonyl (C=O) groups is 2. The first-order valence-electron chi connectivity index (χ1n) is 10.3. The molecule has 0 bridgehead atoms. The van der Waals surface area contributed by atoms with Gasteiger partial charge in [0.05, 0.1) is 17.7 Å². The molecule has 0 aliphatic carbocycles. The largest absolute Gasteiger partial charge is 0.480 e. The Morgan fingerprint density at radius 3 is 2.53 bits per heavy atom. The highest BCUT2D eigenvalue weighted by Gasteiger charge is 2.42. The number of likely N-dealkylation sites (tertiary alicyclic amines) is 1. The van der Waals surface area contributed by atoms with Crippen LogP contribution in [0.4, 0.5) is 4.39 Å². The molecule has 1 amide bonds. The molecule has 3 aromatic carbocycles. The van der Waals surface area contributed by atoms with Gasteiger partial charge in [-0.15, -0.1) is 0 Å². The lowest BCUT2D eigenvalue weighted by molar-refractivity contribution is -0.141. The number of nitrogens with zero attached hydrogens (tertiary/aromatic N) is 2. The van der Waals surface area contributed by atoms with Crippen molar-refractivity contribution in [3.05, 3.63) is 94.8 Å². The smallest absolute Gasteiger partial charge is 0.326 e. The quantitative estimate of drug-likeness (QED) is 0.627. The van der Waals surface area contributed by atoms with E-state index in [9.17, 15) is 19.1 Å². The van der Waals surface area contributed by atoms with E-state index in [-0.39, 0.29) is 6.42 Å². The van der Waals surface area contributed by atoms with E-state index in [0.29, 0.717) is 23.1 Å². The minimum Gasteiger partial charge on any atom is -0.480 e. The Hall–Kier alpha value is -3.98. The number of amides is 1. The lowest BCUT2D eigenvalue weighted by Gasteiger charge is -2.29. The van der Waals surface area contributed by atoms with Gasteiger partial charge in [-0.3, -0.25) is 4.79 Å². The maximum absolute atomic E-state index is 14.5. The Morgan fingerprint density at radius 2 is 1.84 bits per heavy atom. The van der Waals surface area contributed by atoms with Crippen molar-refractivity contribution in [1.29, 1.82) is 5.26 Å². The average molecular weight is 428 g/mol. The van der Waals surface area contributed by atoms with Crippen molar-refractivity contribution in [2.24, 2.45) is 0 Å². The second kappa shape index (κ2) is 8.64. The Morgan fingerprint density at radius 1 is 1.06 bits per heavy atom. The monoisotopic (exact) mass is 428 g/mol. The summed E-state index contributed by atoms with van der Waals surface area (Å²) in [4.78, 5) is 26.6. The summed E-state index contributed by atoms with van der Waals surface area (Å²) in [5.41, 5.74) is 3.76. The summed E-state index contributed by atoms with van der Waals surface area (Å²) in [6, 6.07) is 19.0. The predicted molar refractivity (Wildman–Crippen MR) is 117 cm³/mol. The highest BCUT2D eigenvalue weighted by atomic mass is 19.1. The molecule has 0 radical (unpaired) electrons. The molecule has 0 spiro atoms. The molecule has 160 valence electrons. The van der Waals surface area contributed by atoms with E-state index in [1.54, 1.807) is 54.6 Å². The standard InChI is InChI=1S/C26H21FN2O3/c1-16-13-19(9-10-20(16)18-6-4-5-17(14-18)15-28)25(30)29-23(11-12-24(29)26(31)32)21-7-2-3-8-22(21)27/h2-10,13-14,23-24H,11-12H2,1H3,(H,31,32)/t23-,24+/m1/s1. The Kier molecular flexibility index (Phi) is 5.74. The van der Waals surface area contributed by atoms with Gasteiger partial charge in [0.2, 0.25) is 0 Å². The van der Waals surface area contributed by atoms with Crippen molar-refractivity contribution in [2.45, 2.75) is 31.8 Å². The molecule has 0 saturated carbocycles. The Labute approximate surface area is 185 Å². The van der Waals surface area contributed by atoms with Crippen LogP contribution in [0.25, 0.3) is 11.1 Å². The first kappa shape index (κ1) is 21.3. The third-order valence-corrected chi connectivity index (χ3v) is 5.94. The molecule has 4 rings (SSSR count). The summed E-state index contributed by atoms with van der Waals surface area (Å²) in [6.07, 6.45) is 0.639. The third-order valence-electron chi connectivity index (χ3n) is 5.94. The van der Waals surface area contributed by atoms with Crippen LogP contribution in [-0.2, 0) is 4.79 Å². The number of rotatable bonds is 4. The van der Waals surface area contributed by atoms with Crippen LogP contribution < -0.4 is 0 Å². The van der Waals surface area contributed by atoms with Crippen molar-refractivity contribution in [3.63, 3.8) is 0 Å². The van der Waals surface area contributed by atoms with Gasteiger partial charge >= 0.3 is 5.97 Å². The molecule has 1 fully saturated rings. The van der Waals surface area contributed by atoms with Crippen molar-refractivity contribution in [3.8, 4) is 17.2 Å². The average Bonchev–Trinajstić information content (AvgIpc) is 3.24. The molecule has 1 saturated heterocycles. The maximum atomic E-state index is 14.5. The van der Waals surface area contributed by atoms with Crippen LogP contribution in [0.5, 0.6) is 0 Å². The van der Waals surface area contributed by atoms with E-state index in [1.807, 2.05) is 13.0 Å². The fraction of sp³-hybridized carbons (Fsp3) is 0.192. The molecule has 1 N–H and O–H groups in total. The van der Waals surface area contributed by atoms with Gasteiger partial charge in [0.15, 0.2) is 0 Å². The van der Waals surface area contributed by atoms with Gasteiger partial charge in [-0.25, -0.2) is 9.18 Å². The van der Waals surface area contributed by atoms with Gasteiger partial charge in [0.1, 0.15) is 11.9 Å². The van der Waals surface area contributed by atoms with Gasteiger partial charge in [-0.05, 0) is 66.8 Å². The lowest BCUT2D eigenvalue weighted by Crippen LogP contribution is -2.42. The number of aryl methyl sites for hydroxylation is 1. The van der Waals surface area contributed by atoms with Crippen LogP contribution in [0.3, 0.4) is 0 Å². The summed E-state index contributed by atoms with van der Waals surface area (Å²) < 4.78 is 14.5. The predicted octanol–water partition coefficient (Wildman–Crippen LogP) is 5.10. The molecule has 6 heteroatoms. The number of nitriles is 1. The molecule has 2 atom stereocenters. The van der Waals surface area contributed by atoms with Gasteiger partial charge < -0.3 is 10.0 Å². The minimum absolute atomic E-state index is 0.262. The first-order valence-corrected chi connectivity index (χ1v) is 10.3. The second-order valence-corrected chi connectivity index (χ2v) is 7.90. The summed E-state index contributed by atoms with van der Waals surface area (Å²) >= 11 is 0. The highest BCUT2D eigenvalue weighted by Crippen LogP contribution is 2.39. The number of halogens is 1. The van der Waals surface area contributed by atoms with Gasteiger partial charge in [0.25, 0.3) is 5.91 Å². The zero-order chi connectivity index (χ0) is 22.8. The van der Waals surface area contributed by atoms with E-state index in [0.717, 1.165) is 16.7 Å². The number of benzene rings is 3. The number of aliphatic carboxylic acids is 1. The number of hydrogen-bond acceptors (Lipinski definition) is 3. The number of hydrogen-bond donors (Lipinski definition) is 1. The van der Waals surface area contributed by atoms with E-state index >= 15 is 0 Å². The zero-order valence-electron chi connectivity index (χ0n) is 17.5. The third kappa shape index (κ3) is 3.85. The number of carboxylic acids is 1. The van der Waals surface area contributed by atoms with Crippen LogP contribution in [0, 0.1) is 24.1 Å². The molecule has 1 heterocycles. The van der Waals surface area contributed by atoms with Crippen LogP contribution >= 0.6 is 0 Å². The summed E-state index contributed by atoms with van der Waals surface area (Å²) in [6.45, 7) is 1.86. The lowest BCUT2D eigenvalue weighted by atomic mass is 9.96. The molecule has 0 aromatic heterocycles. The van der Waals surface area contributed by atoms with E-state index in [2.05, 4.69) is 6.07 Å². The summed E-state index contributed by atoms with van der Waals surface area (Å²) in [5.74, 6) is -1.99. The molecule has 3 aromatic rings. The molecular weight excluding hydrogens is 407 g/mol. The van der Waals surface area contributed by atoms with E-state index in [1.165, 1.54) is 11.0 Å². The second-order valence-electron chi connectivity index (χ2n) is 7.90. The molecule has 0 unspecified atom stereocenters. The molecule has 1 aliphatic rings. The molecule has 5 nitrogen and oxygen atoms in total. The maximum Gasteiger partial charge on any atom is 0.326 e. The Bertz CT molecular complexity index is 1250. The normalized spacial score (nSPS) is 17.7. The van der Waals surface area contributed by atoms with Crippen LogP contribution in [0.15, 0.2) is 66.7 Å². The molecular formula is C26H21FN2O3. The van der Waals surface area contributed by atoms with Crippen molar-refractivity contribution in [2.75, 3.05) is 0 Å².